The molecule has 2 aliphatic rings. The molecule has 0 bridgehead atoms. The van der Waals surface area contributed by atoms with Crippen LogP contribution in [0.5, 0.6) is 0 Å². The highest BCUT2D eigenvalue weighted by molar-refractivity contribution is 5.79. The Bertz CT molecular complexity index is 302. The van der Waals surface area contributed by atoms with Gasteiger partial charge in [0.1, 0.15) is 0 Å². The summed E-state index contributed by atoms with van der Waals surface area (Å²) < 4.78 is 0. The van der Waals surface area contributed by atoms with Crippen LogP contribution in [0.15, 0.2) is 28.9 Å². The van der Waals surface area contributed by atoms with Crippen molar-refractivity contribution in [3.63, 3.8) is 0 Å². The first-order chi connectivity index (χ1) is 6.36. The maximum Gasteiger partial charge on any atom is 0.220 e. The first kappa shape index (κ1) is 8.23. The first-order valence-corrected chi connectivity index (χ1v) is 4.51. The van der Waals surface area contributed by atoms with Crippen LogP contribution in [0.1, 0.15) is 12.8 Å². The van der Waals surface area contributed by atoms with Gasteiger partial charge in [0.15, 0.2) is 0 Å². The summed E-state index contributed by atoms with van der Waals surface area (Å²) in [5, 5.41) is 2.82. The SMILES string of the molecule is O=C1CC(C2=CN=CCC=C2)CN1. The molecule has 2 rings (SSSR count). The van der Waals surface area contributed by atoms with Crippen LogP contribution in [-0.2, 0) is 4.79 Å². The van der Waals surface area contributed by atoms with Crippen molar-refractivity contribution in [2.45, 2.75) is 12.8 Å². The Morgan fingerprint density at radius 1 is 1.54 bits per heavy atom. The highest BCUT2D eigenvalue weighted by Crippen LogP contribution is 2.21. The maximum atomic E-state index is 11.0. The maximum absolute atomic E-state index is 11.0. The number of allylic oxidation sites excluding steroid dienone is 2. The number of hydrogen-bond acceptors (Lipinski definition) is 2. The molecule has 0 aromatic heterocycles. The van der Waals surface area contributed by atoms with Crippen molar-refractivity contribution in [1.82, 2.24) is 5.32 Å². The molecule has 1 fully saturated rings. The van der Waals surface area contributed by atoms with E-state index in [2.05, 4.69) is 22.5 Å². The molecule has 68 valence electrons. The van der Waals surface area contributed by atoms with Gasteiger partial charge in [-0.05, 0) is 5.57 Å². The van der Waals surface area contributed by atoms with Crippen molar-refractivity contribution >= 4 is 12.1 Å². The number of nitrogens with one attached hydrogen (secondary N) is 1. The Labute approximate surface area is 77.2 Å². The van der Waals surface area contributed by atoms with E-state index in [9.17, 15) is 4.79 Å². The third-order valence-corrected chi connectivity index (χ3v) is 2.33. The van der Waals surface area contributed by atoms with Gasteiger partial charge >= 0.3 is 0 Å². The standard InChI is InChI=1S/C10H12N2O/c13-10-5-9(7-12-10)8-3-1-2-4-11-6-8/h1,3-4,6,9H,2,5,7H2,(H,12,13). The molecule has 1 unspecified atom stereocenters. The van der Waals surface area contributed by atoms with Gasteiger partial charge < -0.3 is 5.32 Å². The van der Waals surface area contributed by atoms with E-state index in [0.29, 0.717) is 12.3 Å². The predicted molar refractivity (Wildman–Crippen MR) is 51.4 cm³/mol. The number of amides is 1. The van der Waals surface area contributed by atoms with E-state index in [1.54, 1.807) is 0 Å². The van der Waals surface area contributed by atoms with Crippen molar-refractivity contribution < 1.29 is 4.79 Å². The summed E-state index contributed by atoms with van der Waals surface area (Å²) in [7, 11) is 0. The van der Waals surface area contributed by atoms with Crippen LogP contribution in [0, 0.1) is 5.92 Å². The molecule has 1 N–H and O–H groups in total. The molecule has 1 atom stereocenters. The molecule has 0 aromatic rings. The number of nitrogens with zero attached hydrogens (tertiary/aromatic N) is 1. The van der Waals surface area contributed by atoms with E-state index >= 15 is 0 Å². The second-order valence-electron chi connectivity index (χ2n) is 3.30. The number of hydrogen-bond donors (Lipinski definition) is 1. The number of carbonyl (C=O) groups excluding carboxylic acids is 1. The van der Waals surface area contributed by atoms with E-state index in [1.807, 2.05) is 12.4 Å². The zero-order valence-corrected chi connectivity index (χ0v) is 7.36. The van der Waals surface area contributed by atoms with Gasteiger partial charge in [0, 0.05) is 37.7 Å². The van der Waals surface area contributed by atoms with Crippen LogP contribution in [0.4, 0.5) is 0 Å². The summed E-state index contributed by atoms with van der Waals surface area (Å²) in [6, 6.07) is 0. The van der Waals surface area contributed by atoms with E-state index in [4.69, 9.17) is 0 Å². The van der Waals surface area contributed by atoms with Crippen LogP contribution in [0.2, 0.25) is 0 Å². The van der Waals surface area contributed by atoms with E-state index in [1.165, 1.54) is 0 Å². The summed E-state index contributed by atoms with van der Waals surface area (Å²) >= 11 is 0. The molecule has 3 heteroatoms. The Hall–Kier alpha value is -1.38. The highest BCUT2D eigenvalue weighted by atomic mass is 16.1. The minimum absolute atomic E-state index is 0.146. The van der Waals surface area contributed by atoms with Crippen molar-refractivity contribution in [3.05, 3.63) is 23.9 Å². The molecule has 2 aliphatic heterocycles. The molecule has 1 saturated heterocycles. The number of aliphatic imine (C=N–C) groups is 1. The second-order valence-corrected chi connectivity index (χ2v) is 3.30. The zero-order valence-electron chi connectivity index (χ0n) is 7.36. The Morgan fingerprint density at radius 2 is 2.46 bits per heavy atom. The average molecular weight is 176 g/mol. The van der Waals surface area contributed by atoms with Crippen molar-refractivity contribution in [1.29, 1.82) is 0 Å². The molecular formula is C10H12N2O. The van der Waals surface area contributed by atoms with Crippen molar-refractivity contribution in [2.75, 3.05) is 6.54 Å². The van der Waals surface area contributed by atoms with Gasteiger partial charge in [-0.15, -0.1) is 0 Å². The molecule has 3 nitrogen and oxygen atoms in total. The minimum atomic E-state index is 0.146. The lowest BCUT2D eigenvalue weighted by Crippen LogP contribution is -2.14. The van der Waals surface area contributed by atoms with Crippen LogP contribution in [0.3, 0.4) is 0 Å². The predicted octanol–water partition coefficient (Wildman–Crippen LogP) is 1.04. The highest BCUT2D eigenvalue weighted by Gasteiger charge is 2.23. The van der Waals surface area contributed by atoms with Gasteiger partial charge in [-0.1, -0.05) is 12.2 Å². The third-order valence-electron chi connectivity index (χ3n) is 2.33. The normalized spacial score (nSPS) is 26.9. The van der Waals surface area contributed by atoms with Crippen molar-refractivity contribution in [2.24, 2.45) is 10.9 Å². The summed E-state index contributed by atoms with van der Waals surface area (Å²) in [5.41, 5.74) is 1.16. The van der Waals surface area contributed by atoms with Crippen LogP contribution < -0.4 is 5.32 Å². The minimum Gasteiger partial charge on any atom is -0.355 e. The second kappa shape index (κ2) is 3.56. The van der Waals surface area contributed by atoms with Crippen molar-refractivity contribution in [3.8, 4) is 0 Å². The summed E-state index contributed by atoms with van der Waals surface area (Å²) in [4.78, 5) is 15.1. The molecule has 0 aliphatic carbocycles. The summed E-state index contributed by atoms with van der Waals surface area (Å²) in [5.74, 6) is 0.464. The summed E-state index contributed by atoms with van der Waals surface area (Å²) in [6.45, 7) is 0.754. The van der Waals surface area contributed by atoms with E-state index in [-0.39, 0.29) is 5.91 Å². The van der Waals surface area contributed by atoms with Crippen LogP contribution >= 0.6 is 0 Å². The summed E-state index contributed by atoms with van der Waals surface area (Å²) in [6.07, 6.45) is 9.35. The van der Waals surface area contributed by atoms with Gasteiger partial charge in [0.2, 0.25) is 5.91 Å². The zero-order chi connectivity index (χ0) is 9.10. The van der Waals surface area contributed by atoms with Gasteiger partial charge in [0.05, 0.1) is 0 Å². The number of carbonyl (C=O) groups is 1. The van der Waals surface area contributed by atoms with Gasteiger partial charge in [-0.2, -0.15) is 0 Å². The fraction of sp³-hybridized carbons (Fsp3) is 0.400. The largest absolute Gasteiger partial charge is 0.355 e. The van der Waals surface area contributed by atoms with Gasteiger partial charge in [-0.3, -0.25) is 9.79 Å². The van der Waals surface area contributed by atoms with E-state index < -0.39 is 0 Å². The molecule has 13 heavy (non-hydrogen) atoms. The van der Waals surface area contributed by atoms with Crippen LogP contribution in [-0.4, -0.2) is 18.7 Å². The Balaban J connectivity index is 2.11. The Kier molecular flexibility index (Phi) is 2.25. The van der Waals surface area contributed by atoms with Crippen LogP contribution in [0.25, 0.3) is 0 Å². The quantitative estimate of drug-likeness (QED) is 0.637. The van der Waals surface area contributed by atoms with E-state index in [0.717, 1.165) is 18.5 Å². The lowest BCUT2D eigenvalue weighted by molar-refractivity contribution is -0.119. The molecule has 0 saturated carbocycles. The lowest BCUT2D eigenvalue weighted by atomic mass is 9.98. The topological polar surface area (TPSA) is 41.5 Å². The Morgan fingerprint density at radius 3 is 3.23 bits per heavy atom. The van der Waals surface area contributed by atoms with Gasteiger partial charge in [0.25, 0.3) is 0 Å². The molecule has 0 aromatic carbocycles. The fourth-order valence-corrected chi connectivity index (χ4v) is 1.59. The monoisotopic (exact) mass is 176 g/mol. The molecule has 2 heterocycles. The molecule has 0 radical (unpaired) electrons. The number of rotatable bonds is 1. The average Bonchev–Trinajstić information content (AvgIpc) is 2.43. The molecule has 1 amide bonds. The first-order valence-electron chi connectivity index (χ1n) is 4.51. The van der Waals surface area contributed by atoms with Gasteiger partial charge in [-0.25, -0.2) is 0 Å². The molecular weight excluding hydrogens is 164 g/mol. The fourth-order valence-electron chi connectivity index (χ4n) is 1.59. The lowest BCUT2D eigenvalue weighted by Gasteiger charge is -2.05. The third kappa shape index (κ3) is 1.86. The molecule has 0 spiro atoms. The smallest absolute Gasteiger partial charge is 0.220 e.